The number of benzene rings is 1. The summed E-state index contributed by atoms with van der Waals surface area (Å²) in [6.45, 7) is 0. The van der Waals surface area contributed by atoms with Crippen molar-refractivity contribution in [2.75, 3.05) is 0 Å². The van der Waals surface area contributed by atoms with E-state index >= 15 is 0 Å². The van der Waals surface area contributed by atoms with Gasteiger partial charge in [0.1, 0.15) is 5.82 Å². The highest BCUT2D eigenvalue weighted by Crippen LogP contribution is 2.21. The first kappa shape index (κ1) is 9.71. The van der Waals surface area contributed by atoms with Gasteiger partial charge in [0, 0.05) is 18.6 Å². The van der Waals surface area contributed by atoms with Gasteiger partial charge < -0.3 is 9.67 Å². The molecule has 2 rings (SSSR count). The third-order valence-corrected chi connectivity index (χ3v) is 2.38. The van der Waals surface area contributed by atoms with Crippen LogP contribution in [0.1, 0.15) is 5.56 Å². The summed E-state index contributed by atoms with van der Waals surface area (Å²) < 4.78 is 14.7. The van der Waals surface area contributed by atoms with E-state index in [4.69, 9.17) is 5.11 Å². The summed E-state index contributed by atoms with van der Waals surface area (Å²) in [6.07, 6.45) is 1.68. The molecule has 0 amide bonds. The third-order valence-electron chi connectivity index (χ3n) is 2.38. The van der Waals surface area contributed by atoms with Gasteiger partial charge in [0.15, 0.2) is 0 Å². The minimum Gasteiger partial charge on any atom is -0.481 e. The Morgan fingerprint density at radius 2 is 2.27 bits per heavy atom. The molecule has 1 heterocycles. The maximum Gasteiger partial charge on any atom is 0.307 e. The van der Waals surface area contributed by atoms with Gasteiger partial charge in [-0.1, -0.05) is 0 Å². The molecule has 1 N–H and O–H groups in total. The van der Waals surface area contributed by atoms with E-state index in [0.29, 0.717) is 11.1 Å². The second-order valence-electron chi connectivity index (χ2n) is 3.50. The topological polar surface area (TPSA) is 42.2 Å². The Morgan fingerprint density at radius 1 is 1.53 bits per heavy atom. The van der Waals surface area contributed by atoms with E-state index < -0.39 is 5.97 Å². The molecular formula is C11H10FNO2. The molecule has 0 radical (unpaired) electrons. The molecule has 0 aliphatic rings. The lowest BCUT2D eigenvalue weighted by atomic mass is 10.1. The third kappa shape index (κ3) is 1.70. The fraction of sp³-hybridized carbons (Fsp3) is 0.182. The van der Waals surface area contributed by atoms with Gasteiger partial charge in [0.05, 0.1) is 11.9 Å². The normalized spacial score (nSPS) is 10.8. The number of hydrogen-bond donors (Lipinski definition) is 1. The van der Waals surface area contributed by atoms with E-state index in [1.54, 1.807) is 23.9 Å². The first-order valence-corrected chi connectivity index (χ1v) is 4.53. The van der Waals surface area contributed by atoms with Crippen molar-refractivity contribution in [3.05, 3.63) is 35.8 Å². The molecule has 15 heavy (non-hydrogen) atoms. The number of aromatic nitrogens is 1. The highest BCUT2D eigenvalue weighted by atomic mass is 19.1. The lowest BCUT2D eigenvalue weighted by Crippen LogP contribution is -1.98. The van der Waals surface area contributed by atoms with Crippen LogP contribution >= 0.6 is 0 Å². The number of carboxylic acids is 1. The standard InChI is InChI=1S/C11H10FNO2/c1-13-6-7(4-11(14)15)9-3-2-8(12)5-10(9)13/h2-3,5-6H,4H2,1H3,(H,14,15). The molecule has 0 bridgehead atoms. The van der Waals surface area contributed by atoms with Crippen molar-refractivity contribution in [1.29, 1.82) is 0 Å². The van der Waals surface area contributed by atoms with Crippen LogP contribution in [0.2, 0.25) is 0 Å². The SMILES string of the molecule is Cn1cc(CC(=O)O)c2ccc(F)cc21. The van der Waals surface area contributed by atoms with Gasteiger partial charge in [-0.3, -0.25) is 4.79 Å². The molecule has 0 saturated heterocycles. The van der Waals surface area contributed by atoms with Crippen molar-refractivity contribution in [1.82, 2.24) is 4.57 Å². The largest absolute Gasteiger partial charge is 0.481 e. The molecule has 0 saturated carbocycles. The zero-order valence-electron chi connectivity index (χ0n) is 8.20. The second-order valence-corrected chi connectivity index (χ2v) is 3.50. The van der Waals surface area contributed by atoms with Crippen LogP contribution in [-0.4, -0.2) is 15.6 Å². The maximum absolute atomic E-state index is 13.0. The number of rotatable bonds is 2. The van der Waals surface area contributed by atoms with Gasteiger partial charge in [0.2, 0.25) is 0 Å². The van der Waals surface area contributed by atoms with Gasteiger partial charge in [-0.25, -0.2) is 4.39 Å². The number of hydrogen-bond acceptors (Lipinski definition) is 1. The molecule has 0 aliphatic carbocycles. The number of carbonyl (C=O) groups is 1. The van der Waals surface area contributed by atoms with Crippen LogP contribution < -0.4 is 0 Å². The summed E-state index contributed by atoms with van der Waals surface area (Å²) in [5.41, 5.74) is 1.42. The van der Waals surface area contributed by atoms with E-state index in [0.717, 1.165) is 5.39 Å². The Morgan fingerprint density at radius 3 is 2.93 bits per heavy atom. The fourth-order valence-corrected chi connectivity index (χ4v) is 1.74. The average molecular weight is 207 g/mol. The summed E-state index contributed by atoms with van der Waals surface area (Å²) in [7, 11) is 1.77. The first-order chi connectivity index (χ1) is 7.08. The summed E-state index contributed by atoms with van der Waals surface area (Å²) in [4.78, 5) is 10.6. The number of halogens is 1. The molecule has 1 aromatic heterocycles. The zero-order chi connectivity index (χ0) is 11.0. The number of aryl methyl sites for hydroxylation is 1. The van der Waals surface area contributed by atoms with E-state index in [2.05, 4.69) is 0 Å². The molecule has 4 heteroatoms. The monoisotopic (exact) mass is 207 g/mol. The summed E-state index contributed by atoms with van der Waals surface area (Å²) in [5.74, 6) is -1.20. The molecule has 0 atom stereocenters. The van der Waals surface area contributed by atoms with Crippen LogP contribution in [0.4, 0.5) is 4.39 Å². The van der Waals surface area contributed by atoms with Gasteiger partial charge >= 0.3 is 5.97 Å². The van der Waals surface area contributed by atoms with Crippen molar-refractivity contribution in [2.24, 2.45) is 7.05 Å². The molecule has 3 nitrogen and oxygen atoms in total. The number of fused-ring (bicyclic) bond motifs is 1. The van der Waals surface area contributed by atoms with Gasteiger partial charge in [0.25, 0.3) is 0 Å². The quantitative estimate of drug-likeness (QED) is 0.817. The van der Waals surface area contributed by atoms with Crippen LogP contribution in [-0.2, 0) is 18.3 Å². The Hall–Kier alpha value is -1.84. The van der Waals surface area contributed by atoms with E-state index in [9.17, 15) is 9.18 Å². The van der Waals surface area contributed by atoms with Crippen molar-refractivity contribution in [3.8, 4) is 0 Å². The second kappa shape index (κ2) is 3.38. The highest BCUT2D eigenvalue weighted by molar-refractivity contribution is 5.87. The molecule has 0 spiro atoms. The predicted octanol–water partition coefficient (Wildman–Crippen LogP) is 1.94. The Labute approximate surface area is 85.7 Å². The molecular weight excluding hydrogens is 197 g/mol. The maximum atomic E-state index is 13.0. The van der Waals surface area contributed by atoms with Crippen LogP contribution in [0.15, 0.2) is 24.4 Å². The van der Waals surface area contributed by atoms with Crippen molar-refractivity contribution in [2.45, 2.75) is 6.42 Å². The van der Waals surface area contributed by atoms with Crippen molar-refractivity contribution in [3.63, 3.8) is 0 Å². The van der Waals surface area contributed by atoms with Crippen LogP contribution in [0, 0.1) is 5.82 Å². The van der Waals surface area contributed by atoms with E-state index in [1.807, 2.05) is 0 Å². The van der Waals surface area contributed by atoms with E-state index in [1.165, 1.54) is 12.1 Å². The summed E-state index contributed by atoms with van der Waals surface area (Å²) in [5, 5.41) is 9.50. The molecule has 1 aromatic carbocycles. The summed E-state index contributed by atoms with van der Waals surface area (Å²) in [6, 6.07) is 4.36. The molecule has 0 aliphatic heterocycles. The minimum absolute atomic E-state index is 0.0387. The van der Waals surface area contributed by atoms with Crippen LogP contribution in [0.5, 0.6) is 0 Å². The van der Waals surface area contributed by atoms with E-state index in [-0.39, 0.29) is 12.2 Å². The Bertz CT molecular complexity index is 531. The summed E-state index contributed by atoms with van der Waals surface area (Å²) >= 11 is 0. The molecule has 0 unspecified atom stereocenters. The number of aliphatic carboxylic acids is 1. The smallest absolute Gasteiger partial charge is 0.307 e. The number of nitrogens with zero attached hydrogens (tertiary/aromatic N) is 1. The van der Waals surface area contributed by atoms with Crippen molar-refractivity contribution < 1.29 is 14.3 Å². The molecule has 78 valence electrons. The highest BCUT2D eigenvalue weighted by Gasteiger charge is 2.09. The predicted molar refractivity (Wildman–Crippen MR) is 54.2 cm³/mol. The van der Waals surface area contributed by atoms with Crippen LogP contribution in [0.3, 0.4) is 0 Å². The Kier molecular flexibility index (Phi) is 2.19. The zero-order valence-corrected chi connectivity index (χ0v) is 8.20. The number of carboxylic acid groups (broad SMARTS) is 1. The average Bonchev–Trinajstić information content (AvgIpc) is 2.42. The lowest BCUT2D eigenvalue weighted by Gasteiger charge is -1.95. The fourth-order valence-electron chi connectivity index (χ4n) is 1.74. The molecule has 0 fully saturated rings. The Balaban J connectivity index is 2.62. The lowest BCUT2D eigenvalue weighted by molar-refractivity contribution is -0.136. The van der Waals surface area contributed by atoms with Gasteiger partial charge in [-0.05, 0) is 23.8 Å². The molecule has 2 aromatic rings. The first-order valence-electron chi connectivity index (χ1n) is 4.53. The van der Waals surface area contributed by atoms with Crippen LogP contribution in [0.25, 0.3) is 10.9 Å². The minimum atomic E-state index is -0.883. The van der Waals surface area contributed by atoms with Crippen molar-refractivity contribution >= 4 is 16.9 Å². The van der Waals surface area contributed by atoms with Gasteiger partial charge in [-0.2, -0.15) is 0 Å². The van der Waals surface area contributed by atoms with Gasteiger partial charge in [-0.15, -0.1) is 0 Å².